The fraction of sp³-hybridized carbons (Fsp3) is 0.211. The smallest absolute Gasteiger partial charge is 0.308 e. The third-order valence-corrected chi connectivity index (χ3v) is 3.24. The zero-order valence-electron chi connectivity index (χ0n) is 14.8. The molecule has 136 valence electrons. The molecule has 2 aromatic carbocycles. The van der Waals surface area contributed by atoms with Gasteiger partial charge < -0.3 is 14.2 Å². The predicted octanol–water partition coefficient (Wildman–Crippen LogP) is 2.46. The fourth-order valence-electron chi connectivity index (χ4n) is 2.00. The van der Waals surface area contributed by atoms with E-state index in [0.29, 0.717) is 22.8 Å². The standard InChI is InChI=1S/C19H20N2O5/c1-13-4-7-16(8-5-13)25-12-19(23)21-20-11-15-6-9-17(26-14(2)22)18(10-15)24-3/h4-11H,12H2,1-3H3,(H,21,23)/b20-11+. The summed E-state index contributed by atoms with van der Waals surface area (Å²) in [4.78, 5) is 22.8. The van der Waals surface area contributed by atoms with Gasteiger partial charge in [0.05, 0.1) is 13.3 Å². The molecule has 1 N–H and O–H groups in total. The summed E-state index contributed by atoms with van der Waals surface area (Å²) >= 11 is 0. The number of nitrogens with zero attached hydrogens (tertiary/aromatic N) is 1. The summed E-state index contributed by atoms with van der Waals surface area (Å²) in [5, 5.41) is 3.87. The molecule has 0 bridgehead atoms. The van der Waals surface area contributed by atoms with Crippen LogP contribution < -0.4 is 19.6 Å². The quantitative estimate of drug-likeness (QED) is 0.356. The van der Waals surface area contributed by atoms with Gasteiger partial charge in [0.25, 0.3) is 5.91 Å². The number of hydrogen-bond donors (Lipinski definition) is 1. The molecule has 0 aliphatic rings. The normalized spacial score (nSPS) is 10.4. The maximum absolute atomic E-state index is 11.7. The Morgan fingerprint density at radius 2 is 1.85 bits per heavy atom. The Kier molecular flexibility index (Phi) is 6.73. The van der Waals surface area contributed by atoms with Crippen LogP contribution in [0.2, 0.25) is 0 Å². The van der Waals surface area contributed by atoms with Crippen molar-refractivity contribution in [3.8, 4) is 17.2 Å². The molecule has 0 spiro atoms. The number of esters is 1. The summed E-state index contributed by atoms with van der Waals surface area (Å²) in [5.74, 6) is 0.488. The molecule has 2 aromatic rings. The number of nitrogens with one attached hydrogen (secondary N) is 1. The minimum Gasteiger partial charge on any atom is -0.493 e. The van der Waals surface area contributed by atoms with Crippen molar-refractivity contribution in [1.82, 2.24) is 5.43 Å². The van der Waals surface area contributed by atoms with Crippen molar-refractivity contribution in [1.29, 1.82) is 0 Å². The Balaban J connectivity index is 1.87. The Labute approximate surface area is 151 Å². The van der Waals surface area contributed by atoms with Gasteiger partial charge in [0, 0.05) is 6.92 Å². The van der Waals surface area contributed by atoms with Crippen LogP contribution in [0.15, 0.2) is 47.6 Å². The number of hydrogen-bond acceptors (Lipinski definition) is 6. The highest BCUT2D eigenvalue weighted by molar-refractivity contribution is 5.84. The minimum absolute atomic E-state index is 0.144. The Morgan fingerprint density at radius 1 is 1.12 bits per heavy atom. The lowest BCUT2D eigenvalue weighted by atomic mass is 10.2. The largest absolute Gasteiger partial charge is 0.493 e. The first-order valence-corrected chi connectivity index (χ1v) is 7.86. The summed E-state index contributed by atoms with van der Waals surface area (Å²) < 4.78 is 15.5. The second-order valence-corrected chi connectivity index (χ2v) is 5.40. The van der Waals surface area contributed by atoms with E-state index < -0.39 is 5.97 Å². The van der Waals surface area contributed by atoms with Crippen molar-refractivity contribution in [2.45, 2.75) is 13.8 Å². The number of amides is 1. The van der Waals surface area contributed by atoms with Gasteiger partial charge in [-0.1, -0.05) is 17.7 Å². The zero-order valence-corrected chi connectivity index (χ0v) is 14.8. The average molecular weight is 356 g/mol. The zero-order chi connectivity index (χ0) is 18.9. The molecule has 0 heterocycles. The van der Waals surface area contributed by atoms with E-state index in [4.69, 9.17) is 14.2 Å². The predicted molar refractivity (Wildman–Crippen MR) is 96.7 cm³/mol. The van der Waals surface area contributed by atoms with E-state index in [1.54, 1.807) is 30.3 Å². The van der Waals surface area contributed by atoms with Gasteiger partial charge in [-0.3, -0.25) is 9.59 Å². The van der Waals surface area contributed by atoms with Crippen LogP contribution >= 0.6 is 0 Å². The van der Waals surface area contributed by atoms with Crippen molar-refractivity contribution in [2.24, 2.45) is 5.10 Å². The van der Waals surface area contributed by atoms with E-state index in [0.717, 1.165) is 5.56 Å². The second kappa shape index (κ2) is 9.22. The minimum atomic E-state index is -0.439. The highest BCUT2D eigenvalue weighted by Crippen LogP contribution is 2.27. The van der Waals surface area contributed by atoms with Crippen LogP contribution in [-0.2, 0) is 9.59 Å². The van der Waals surface area contributed by atoms with Crippen LogP contribution in [0.3, 0.4) is 0 Å². The van der Waals surface area contributed by atoms with Crippen molar-refractivity contribution in [3.63, 3.8) is 0 Å². The molecule has 0 fully saturated rings. The molecule has 0 aliphatic carbocycles. The summed E-state index contributed by atoms with van der Waals surface area (Å²) in [6.45, 7) is 3.14. The van der Waals surface area contributed by atoms with Crippen molar-refractivity contribution in [3.05, 3.63) is 53.6 Å². The van der Waals surface area contributed by atoms with Gasteiger partial charge in [-0.05, 0) is 42.8 Å². The van der Waals surface area contributed by atoms with Crippen molar-refractivity contribution < 1.29 is 23.8 Å². The van der Waals surface area contributed by atoms with Gasteiger partial charge in [-0.2, -0.15) is 5.10 Å². The molecule has 26 heavy (non-hydrogen) atoms. The fourth-order valence-corrected chi connectivity index (χ4v) is 2.00. The van der Waals surface area contributed by atoms with Crippen LogP contribution in [0.1, 0.15) is 18.1 Å². The highest BCUT2D eigenvalue weighted by atomic mass is 16.6. The Bertz CT molecular complexity index is 800. The summed E-state index contributed by atoms with van der Waals surface area (Å²) in [7, 11) is 1.47. The first-order valence-electron chi connectivity index (χ1n) is 7.86. The molecule has 0 aromatic heterocycles. The molecular formula is C19H20N2O5. The lowest BCUT2D eigenvalue weighted by Crippen LogP contribution is -2.24. The van der Waals surface area contributed by atoms with Crippen LogP contribution in [0.4, 0.5) is 0 Å². The number of benzene rings is 2. The number of ether oxygens (including phenoxy) is 3. The molecule has 2 rings (SSSR count). The summed E-state index contributed by atoms with van der Waals surface area (Å²) in [5.41, 5.74) is 4.15. The molecule has 0 radical (unpaired) electrons. The highest BCUT2D eigenvalue weighted by Gasteiger charge is 2.07. The molecule has 1 amide bonds. The SMILES string of the molecule is COc1cc(/C=N/NC(=O)COc2ccc(C)cc2)ccc1OC(C)=O. The van der Waals surface area contributed by atoms with Gasteiger partial charge in [0.15, 0.2) is 18.1 Å². The number of aryl methyl sites for hydroxylation is 1. The van der Waals surface area contributed by atoms with Crippen LogP contribution in [0, 0.1) is 6.92 Å². The van der Waals surface area contributed by atoms with Gasteiger partial charge in [0.2, 0.25) is 0 Å². The lowest BCUT2D eigenvalue weighted by Gasteiger charge is -2.08. The van der Waals surface area contributed by atoms with E-state index in [9.17, 15) is 9.59 Å². The topological polar surface area (TPSA) is 86.2 Å². The van der Waals surface area contributed by atoms with Crippen molar-refractivity contribution >= 4 is 18.1 Å². The number of carbonyl (C=O) groups is 2. The van der Waals surface area contributed by atoms with Gasteiger partial charge in [0.1, 0.15) is 5.75 Å². The molecule has 0 aliphatic heterocycles. The van der Waals surface area contributed by atoms with E-state index in [1.807, 2.05) is 19.1 Å². The number of rotatable bonds is 7. The van der Waals surface area contributed by atoms with Crippen LogP contribution in [0.25, 0.3) is 0 Å². The van der Waals surface area contributed by atoms with Gasteiger partial charge in [-0.25, -0.2) is 5.43 Å². The molecule has 7 nitrogen and oxygen atoms in total. The van der Waals surface area contributed by atoms with Crippen LogP contribution in [0.5, 0.6) is 17.2 Å². The summed E-state index contributed by atoms with van der Waals surface area (Å²) in [6, 6.07) is 12.3. The molecular weight excluding hydrogens is 336 g/mol. The summed E-state index contributed by atoms with van der Waals surface area (Å²) in [6.07, 6.45) is 1.45. The van der Waals surface area contributed by atoms with Gasteiger partial charge in [-0.15, -0.1) is 0 Å². The number of methoxy groups -OCH3 is 1. The van der Waals surface area contributed by atoms with Gasteiger partial charge >= 0.3 is 5.97 Å². The molecule has 0 saturated carbocycles. The molecule has 0 atom stereocenters. The van der Waals surface area contributed by atoms with Crippen molar-refractivity contribution in [2.75, 3.05) is 13.7 Å². The molecule has 7 heteroatoms. The Morgan fingerprint density at radius 3 is 2.50 bits per heavy atom. The number of hydrazone groups is 1. The average Bonchev–Trinajstić information content (AvgIpc) is 2.62. The van der Waals surface area contributed by atoms with E-state index in [1.165, 1.54) is 20.2 Å². The van der Waals surface area contributed by atoms with E-state index in [2.05, 4.69) is 10.5 Å². The molecule has 0 unspecified atom stereocenters. The first kappa shape index (κ1) is 19.0. The first-order chi connectivity index (χ1) is 12.5. The maximum atomic E-state index is 11.7. The second-order valence-electron chi connectivity index (χ2n) is 5.40. The number of carbonyl (C=O) groups excluding carboxylic acids is 2. The lowest BCUT2D eigenvalue weighted by molar-refractivity contribution is -0.132. The molecule has 0 saturated heterocycles. The van der Waals surface area contributed by atoms with E-state index >= 15 is 0 Å². The third kappa shape index (κ3) is 5.94. The third-order valence-electron chi connectivity index (χ3n) is 3.24. The monoisotopic (exact) mass is 356 g/mol. The van der Waals surface area contributed by atoms with Crippen LogP contribution in [-0.4, -0.2) is 31.8 Å². The maximum Gasteiger partial charge on any atom is 0.308 e. The van der Waals surface area contributed by atoms with E-state index in [-0.39, 0.29) is 12.5 Å². The Hall–Kier alpha value is -3.35.